The fourth-order valence-corrected chi connectivity index (χ4v) is 3.57. The standard InChI is InChI=1S/C20H25N3O3/c1-13(20(25)26)15-7-6-8-16(11-15)22-19(24)18-12-21-23(14(18)2)17-9-4-3-5-10-17/h6-8,11-13,17H,3-5,9-10H2,1-2H3,(H,22,24)(H,25,26). The minimum absolute atomic E-state index is 0.218. The van der Waals surface area contributed by atoms with Gasteiger partial charge >= 0.3 is 5.97 Å². The zero-order valence-corrected chi connectivity index (χ0v) is 15.2. The summed E-state index contributed by atoms with van der Waals surface area (Å²) in [5, 5.41) is 16.5. The number of amides is 1. The third-order valence-electron chi connectivity index (χ3n) is 5.22. The van der Waals surface area contributed by atoms with E-state index >= 15 is 0 Å². The number of carboxylic acids is 1. The van der Waals surface area contributed by atoms with Crippen molar-refractivity contribution >= 4 is 17.6 Å². The lowest BCUT2D eigenvalue weighted by atomic mass is 9.95. The number of carbonyl (C=O) groups is 2. The summed E-state index contributed by atoms with van der Waals surface area (Å²) in [5.41, 5.74) is 2.69. The lowest BCUT2D eigenvalue weighted by Gasteiger charge is -2.23. The van der Waals surface area contributed by atoms with E-state index in [2.05, 4.69) is 10.4 Å². The van der Waals surface area contributed by atoms with Crippen molar-refractivity contribution in [2.45, 2.75) is 57.9 Å². The van der Waals surface area contributed by atoms with E-state index in [0.717, 1.165) is 18.5 Å². The second kappa shape index (κ2) is 7.72. The summed E-state index contributed by atoms with van der Waals surface area (Å²) in [5.74, 6) is -1.73. The average molecular weight is 355 g/mol. The molecule has 2 N–H and O–H groups in total. The van der Waals surface area contributed by atoms with E-state index in [1.807, 2.05) is 11.6 Å². The van der Waals surface area contributed by atoms with E-state index in [4.69, 9.17) is 5.11 Å². The first-order valence-electron chi connectivity index (χ1n) is 9.15. The number of hydrogen-bond donors (Lipinski definition) is 2. The number of benzene rings is 1. The van der Waals surface area contributed by atoms with Crippen LogP contribution in [0.15, 0.2) is 30.5 Å². The molecule has 0 aliphatic heterocycles. The molecule has 0 spiro atoms. The second-order valence-electron chi connectivity index (χ2n) is 7.02. The van der Waals surface area contributed by atoms with Gasteiger partial charge in [0.15, 0.2) is 0 Å². The van der Waals surface area contributed by atoms with E-state index in [1.54, 1.807) is 37.4 Å². The minimum atomic E-state index is -0.891. The first kappa shape index (κ1) is 18.2. The summed E-state index contributed by atoms with van der Waals surface area (Å²) in [6.45, 7) is 3.56. The van der Waals surface area contributed by atoms with Crippen LogP contribution in [-0.4, -0.2) is 26.8 Å². The number of carboxylic acid groups (broad SMARTS) is 1. The van der Waals surface area contributed by atoms with Crippen LogP contribution in [0.3, 0.4) is 0 Å². The van der Waals surface area contributed by atoms with Crippen LogP contribution in [-0.2, 0) is 4.79 Å². The molecule has 1 atom stereocenters. The van der Waals surface area contributed by atoms with Gasteiger partial charge in [-0.3, -0.25) is 14.3 Å². The molecule has 6 heteroatoms. The van der Waals surface area contributed by atoms with Crippen molar-refractivity contribution in [2.24, 2.45) is 0 Å². The van der Waals surface area contributed by atoms with Gasteiger partial charge in [0.2, 0.25) is 0 Å². The quantitative estimate of drug-likeness (QED) is 0.844. The van der Waals surface area contributed by atoms with Gasteiger partial charge in [0.25, 0.3) is 5.91 Å². The van der Waals surface area contributed by atoms with Crippen molar-refractivity contribution in [1.29, 1.82) is 0 Å². The number of aliphatic carboxylic acids is 1. The maximum absolute atomic E-state index is 12.7. The van der Waals surface area contributed by atoms with Gasteiger partial charge in [0, 0.05) is 11.4 Å². The summed E-state index contributed by atoms with van der Waals surface area (Å²) >= 11 is 0. The van der Waals surface area contributed by atoms with Crippen molar-refractivity contribution < 1.29 is 14.7 Å². The fourth-order valence-electron chi connectivity index (χ4n) is 3.57. The molecule has 1 aromatic carbocycles. The Balaban J connectivity index is 1.75. The Hall–Kier alpha value is -2.63. The van der Waals surface area contributed by atoms with Crippen LogP contribution in [0.2, 0.25) is 0 Å². The van der Waals surface area contributed by atoms with Gasteiger partial charge in [-0.1, -0.05) is 31.4 Å². The first-order chi connectivity index (χ1) is 12.5. The SMILES string of the molecule is Cc1c(C(=O)Nc2cccc(C(C)C(=O)O)c2)cnn1C1CCCCC1. The third kappa shape index (κ3) is 3.79. The Labute approximate surface area is 153 Å². The molecule has 26 heavy (non-hydrogen) atoms. The molecule has 6 nitrogen and oxygen atoms in total. The van der Waals surface area contributed by atoms with Crippen molar-refractivity contribution in [2.75, 3.05) is 5.32 Å². The zero-order chi connectivity index (χ0) is 18.7. The van der Waals surface area contributed by atoms with Gasteiger partial charge in [0.1, 0.15) is 0 Å². The Bertz CT molecular complexity index is 806. The first-order valence-corrected chi connectivity index (χ1v) is 9.15. The lowest BCUT2D eigenvalue weighted by Crippen LogP contribution is -2.17. The van der Waals surface area contributed by atoms with Gasteiger partial charge in [-0.25, -0.2) is 0 Å². The molecule has 3 rings (SSSR count). The van der Waals surface area contributed by atoms with Gasteiger partial charge in [-0.15, -0.1) is 0 Å². The summed E-state index contributed by atoms with van der Waals surface area (Å²) in [6, 6.07) is 7.35. The Morgan fingerprint density at radius 3 is 2.69 bits per heavy atom. The Kier molecular flexibility index (Phi) is 5.40. The normalized spacial score (nSPS) is 16.2. The molecular formula is C20H25N3O3. The molecule has 1 fully saturated rings. The van der Waals surface area contributed by atoms with E-state index in [1.165, 1.54) is 19.3 Å². The van der Waals surface area contributed by atoms with Gasteiger partial charge in [-0.05, 0) is 44.4 Å². The third-order valence-corrected chi connectivity index (χ3v) is 5.22. The van der Waals surface area contributed by atoms with Crippen LogP contribution >= 0.6 is 0 Å². The lowest BCUT2D eigenvalue weighted by molar-refractivity contribution is -0.138. The van der Waals surface area contributed by atoms with Crippen LogP contribution < -0.4 is 5.32 Å². The number of nitrogens with one attached hydrogen (secondary N) is 1. The molecule has 1 saturated carbocycles. The minimum Gasteiger partial charge on any atom is -0.481 e. The summed E-state index contributed by atoms with van der Waals surface area (Å²) in [6.07, 6.45) is 7.54. The van der Waals surface area contributed by atoms with Crippen LogP contribution in [0.4, 0.5) is 5.69 Å². The molecule has 0 radical (unpaired) electrons. The maximum atomic E-state index is 12.7. The topological polar surface area (TPSA) is 84.2 Å². The molecular weight excluding hydrogens is 330 g/mol. The predicted molar refractivity (Wildman–Crippen MR) is 99.5 cm³/mol. The summed E-state index contributed by atoms with van der Waals surface area (Å²) in [7, 11) is 0. The van der Waals surface area contributed by atoms with Crippen LogP contribution in [0.5, 0.6) is 0 Å². The Morgan fingerprint density at radius 2 is 2.00 bits per heavy atom. The molecule has 138 valence electrons. The number of carbonyl (C=O) groups excluding carboxylic acids is 1. The van der Waals surface area contributed by atoms with Gasteiger partial charge < -0.3 is 10.4 Å². The van der Waals surface area contributed by atoms with Crippen molar-refractivity contribution in [3.63, 3.8) is 0 Å². The summed E-state index contributed by atoms with van der Waals surface area (Å²) in [4.78, 5) is 23.8. The average Bonchev–Trinajstić information content (AvgIpc) is 3.03. The van der Waals surface area contributed by atoms with Crippen molar-refractivity contribution in [3.8, 4) is 0 Å². The highest BCUT2D eigenvalue weighted by molar-refractivity contribution is 6.05. The largest absolute Gasteiger partial charge is 0.481 e. The molecule has 2 aromatic rings. The second-order valence-corrected chi connectivity index (χ2v) is 7.02. The molecule has 0 bridgehead atoms. The highest BCUT2D eigenvalue weighted by Crippen LogP contribution is 2.29. The smallest absolute Gasteiger partial charge is 0.310 e. The Morgan fingerprint density at radius 1 is 1.27 bits per heavy atom. The highest BCUT2D eigenvalue weighted by Gasteiger charge is 2.22. The van der Waals surface area contributed by atoms with Gasteiger partial charge in [-0.2, -0.15) is 5.10 Å². The van der Waals surface area contributed by atoms with E-state index in [0.29, 0.717) is 22.9 Å². The number of rotatable bonds is 5. The molecule has 1 heterocycles. The summed E-state index contributed by atoms with van der Waals surface area (Å²) < 4.78 is 1.98. The highest BCUT2D eigenvalue weighted by atomic mass is 16.4. The molecule has 0 saturated heterocycles. The van der Waals surface area contributed by atoms with E-state index in [-0.39, 0.29) is 5.91 Å². The van der Waals surface area contributed by atoms with Gasteiger partial charge in [0.05, 0.1) is 23.7 Å². The van der Waals surface area contributed by atoms with Crippen molar-refractivity contribution in [3.05, 3.63) is 47.3 Å². The number of anilines is 1. The molecule has 1 amide bonds. The predicted octanol–water partition coefficient (Wildman–Crippen LogP) is 4.14. The molecule has 1 aliphatic carbocycles. The molecule has 1 unspecified atom stereocenters. The number of aromatic nitrogens is 2. The van der Waals surface area contributed by atoms with E-state index in [9.17, 15) is 9.59 Å². The zero-order valence-electron chi connectivity index (χ0n) is 15.2. The maximum Gasteiger partial charge on any atom is 0.310 e. The molecule has 1 aromatic heterocycles. The number of hydrogen-bond acceptors (Lipinski definition) is 3. The van der Waals surface area contributed by atoms with Crippen molar-refractivity contribution in [1.82, 2.24) is 9.78 Å². The van der Waals surface area contributed by atoms with Crippen LogP contribution in [0.1, 0.15) is 72.6 Å². The van der Waals surface area contributed by atoms with E-state index < -0.39 is 11.9 Å². The fraction of sp³-hybridized carbons (Fsp3) is 0.450. The number of nitrogens with zero attached hydrogens (tertiary/aromatic N) is 2. The monoisotopic (exact) mass is 355 g/mol. The van der Waals surface area contributed by atoms with Crippen LogP contribution in [0, 0.1) is 6.92 Å². The molecule has 1 aliphatic rings. The van der Waals surface area contributed by atoms with Crippen LogP contribution in [0.25, 0.3) is 0 Å².